The van der Waals surface area contributed by atoms with Crippen LogP contribution in [0.3, 0.4) is 0 Å². The summed E-state index contributed by atoms with van der Waals surface area (Å²) < 4.78 is 0. The Hall–Kier alpha value is -1.30. The Balaban J connectivity index is 2.74. The first-order chi connectivity index (χ1) is 7.15. The molecule has 0 aliphatic heterocycles. The van der Waals surface area contributed by atoms with Gasteiger partial charge in [-0.1, -0.05) is 25.1 Å². The van der Waals surface area contributed by atoms with Crippen LogP contribution < -0.4 is 5.73 Å². The number of hydrogen-bond acceptors (Lipinski definition) is 5. The molecule has 0 saturated carbocycles. The number of aromatic nitrogens is 2. The highest BCUT2D eigenvalue weighted by Crippen LogP contribution is 2.27. The molecule has 6 heteroatoms. The van der Waals surface area contributed by atoms with Crippen LogP contribution in [0, 0.1) is 0 Å². The van der Waals surface area contributed by atoms with Crippen molar-refractivity contribution < 1.29 is 9.90 Å². The lowest BCUT2D eigenvalue weighted by Crippen LogP contribution is -2.16. The number of carboxylic acid groups (broad SMARTS) is 1. The Kier molecular flexibility index (Phi) is 4.36. The van der Waals surface area contributed by atoms with Gasteiger partial charge >= 0.3 is 5.97 Å². The fourth-order valence-electron chi connectivity index (χ4n) is 1.06. The van der Waals surface area contributed by atoms with Gasteiger partial charge in [-0.3, -0.25) is 4.79 Å². The first kappa shape index (κ1) is 11.8. The summed E-state index contributed by atoms with van der Waals surface area (Å²) in [5, 5.41) is 8.93. The molecule has 0 radical (unpaired) electrons. The molecule has 0 aromatic carbocycles. The van der Waals surface area contributed by atoms with Crippen LogP contribution in [0.15, 0.2) is 17.4 Å². The minimum Gasteiger partial charge on any atom is -0.480 e. The zero-order chi connectivity index (χ0) is 11.3. The number of aliphatic carboxylic acids is 1. The van der Waals surface area contributed by atoms with Gasteiger partial charge in [-0.2, -0.15) is 0 Å². The molecular weight excluding hydrogens is 214 g/mol. The third-order valence-corrected chi connectivity index (χ3v) is 3.03. The number of nitrogens with two attached hydrogens (primary N) is 1. The monoisotopic (exact) mass is 227 g/mol. The topological polar surface area (TPSA) is 89.1 Å². The SMILES string of the molecule is CCCC(Sc1nccnc1N)C(=O)O. The summed E-state index contributed by atoms with van der Waals surface area (Å²) in [6.07, 6.45) is 4.39. The molecule has 1 atom stereocenters. The second kappa shape index (κ2) is 5.55. The Morgan fingerprint density at radius 1 is 1.60 bits per heavy atom. The van der Waals surface area contributed by atoms with Crippen LogP contribution in [0.5, 0.6) is 0 Å². The largest absolute Gasteiger partial charge is 0.480 e. The first-order valence-corrected chi connectivity index (χ1v) is 5.49. The summed E-state index contributed by atoms with van der Waals surface area (Å²) in [5.74, 6) is -0.559. The molecule has 1 heterocycles. The van der Waals surface area contributed by atoms with Crippen molar-refractivity contribution in [3.63, 3.8) is 0 Å². The van der Waals surface area contributed by atoms with E-state index in [0.29, 0.717) is 11.4 Å². The second-order valence-electron chi connectivity index (χ2n) is 2.98. The van der Waals surface area contributed by atoms with E-state index >= 15 is 0 Å². The molecule has 15 heavy (non-hydrogen) atoms. The van der Waals surface area contributed by atoms with Gasteiger partial charge in [0.25, 0.3) is 0 Å². The number of nitrogens with zero attached hydrogens (tertiary/aromatic N) is 2. The van der Waals surface area contributed by atoms with Crippen LogP contribution in [0.4, 0.5) is 5.82 Å². The van der Waals surface area contributed by atoms with E-state index < -0.39 is 11.2 Å². The molecule has 0 fully saturated rings. The molecule has 0 aliphatic rings. The predicted molar refractivity (Wildman–Crippen MR) is 58.6 cm³/mol. The fourth-order valence-corrected chi connectivity index (χ4v) is 2.08. The van der Waals surface area contributed by atoms with E-state index in [9.17, 15) is 4.79 Å². The molecule has 0 amide bonds. The fraction of sp³-hybridized carbons (Fsp3) is 0.444. The molecule has 3 N–H and O–H groups in total. The summed E-state index contributed by atoms with van der Waals surface area (Å²) in [5.41, 5.74) is 5.58. The van der Waals surface area contributed by atoms with Crippen LogP contribution in [0.2, 0.25) is 0 Å². The highest BCUT2D eigenvalue weighted by atomic mass is 32.2. The average molecular weight is 227 g/mol. The zero-order valence-electron chi connectivity index (χ0n) is 8.38. The van der Waals surface area contributed by atoms with E-state index in [1.165, 1.54) is 12.4 Å². The Morgan fingerprint density at radius 3 is 2.80 bits per heavy atom. The molecule has 0 spiro atoms. The van der Waals surface area contributed by atoms with E-state index in [4.69, 9.17) is 10.8 Å². The molecule has 5 nitrogen and oxygen atoms in total. The lowest BCUT2D eigenvalue weighted by molar-refractivity contribution is -0.136. The predicted octanol–water partition coefficient (Wildman–Crippen LogP) is 1.40. The lowest BCUT2D eigenvalue weighted by Gasteiger charge is -2.10. The van der Waals surface area contributed by atoms with Gasteiger partial charge < -0.3 is 10.8 Å². The number of nitrogen functional groups attached to an aromatic ring is 1. The first-order valence-electron chi connectivity index (χ1n) is 4.61. The number of anilines is 1. The van der Waals surface area contributed by atoms with E-state index in [1.807, 2.05) is 6.92 Å². The number of carbonyl (C=O) groups is 1. The smallest absolute Gasteiger partial charge is 0.317 e. The van der Waals surface area contributed by atoms with Gasteiger partial charge in [-0.15, -0.1) is 0 Å². The molecule has 1 aromatic rings. The maximum absolute atomic E-state index is 10.9. The van der Waals surface area contributed by atoms with Gasteiger partial charge in [0.05, 0.1) is 0 Å². The van der Waals surface area contributed by atoms with Gasteiger partial charge in [0.2, 0.25) is 0 Å². The summed E-state index contributed by atoms with van der Waals surface area (Å²) in [6.45, 7) is 1.94. The minimum absolute atomic E-state index is 0.282. The number of thioether (sulfide) groups is 1. The van der Waals surface area contributed by atoms with E-state index in [1.54, 1.807) is 0 Å². The maximum Gasteiger partial charge on any atom is 0.317 e. The Labute approximate surface area is 92.1 Å². The molecule has 0 bridgehead atoms. The van der Waals surface area contributed by atoms with Gasteiger partial charge in [0, 0.05) is 12.4 Å². The highest BCUT2D eigenvalue weighted by Gasteiger charge is 2.19. The molecule has 1 aromatic heterocycles. The van der Waals surface area contributed by atoms with Crippen LogP contribution in [-0.4, -0.2) is 26.3 Å². The molecule has 0 saturated heterocycles. The van der Waals surface area contributed by atoms with Crippen molar-refractivity contribution in [3.05, 3.63) is 12.4 Å². The van der Waals surface area contributed by atoms with E-state index in [-0.39, 0.29) is 5.82 Å². The van der Waals surface area contributed by atoms with Crippen molar-refractivity contribution in [2.24, 2.45) is 0 Å². The quantitative estimate of drug-likeness (QED) is 0.739. The van der Waals surface area contributed by atoms with Crippen LogP contribution >= 0.6 is 11.8 Å². The summed E-state index contributed by atoms with van der Waals surface area (Å²) in [7, 11) is 0. The normalized spacial score (nSPS) is 12.3. The van der Waals surface area contributed by atoms with Crippen molar-refractivity contribution in [1.82, 2.24) is 9.97 Å². The van der Waals surface area contributed by atoms with Crippen molar-refractivity contribution in [1.29, 1.82) is 0 Å². The Bertz CT molecular complexity index is 346. The number of rotatable bonds is 5. The molecular formula is C9H13N3O2S. The van der Waals surface area contributed by atoms with Crippen molar-refractivity contribution in [2.75, 3.05) is 5.73 Å². The third-order valence-electron chi connectivity index (χ3n) is 1.77. The zero-order valence-corrected chi connectivity index (χ0v) is 9.20. The van der Waals surface area contributed by atoms with E-state index in [2.05, 4.69) is 9.97 Å². The second-order valence-corrected chi connectivity index (χ2v) is 4.17. The maximum atomic E-state index is 10.9. The lowest BCUT2D eigenvalue weighted by atomic mass is 10.2. The molecule has 1 rings (SSSR count). The summed E-state index contributed by atoms with van der Waals surface area (Å²) >= 11 is 1.15. The minimum atomic E-state index is -0.841. The highest BCUT2D eigenvalue weighted by molar-refractivity contribution is 8.00. The summed E-state index contributed by atoms with van der Waals surface area (Å²) in [6, 6.07) is 0. The van der Waals surface area contributed by atoms with Gasteiger partial charge in [-0.05, 0) is 6.42 Å². The van der Waals surface area contributed by atoms with Crippen LogP contribution in [0.25, 0.3) is 0 Å². The van der Waals surface area contributed by atoms with Gasteiger partial charge in [0.15, 0.2) is 5.82 Å². The molecule has 82 valence electrons. The molecule has 0 aliphatic carbocycles. The van der Waals surface area contributed by atoms with Gasteiger partial charge in [-0.25, -0.2) is 9.97 Å². The third kappa shape index (κ3) is 3.39. The number of carboxylic acids is 1. The molecule has 1 unspecified atom stereocenters. The average Bonchev–Trinajstić information content (AvgIpc) is 2.20. The van der Waals surface area contributed by atoms with Crippen molar-refractivity contribution in [3.8, 4) is 0 Å². The standard InChI is InChI=1S/C9H13N3O2S/c1-2-3-6(9(13)14)15-8-7(10)11-4-5-12-8/h4-6H,2-3H2,1H3,(H2,10,11)(H,13,14). The van der Waals surface area contributed by atoms with Crippen molar-refractivity contribution >= 4 is 23.5 Å². The Morgan fingerprint density at radius 2 is 2.27 bits per heavy atom. The van der Waals surface area contributed by atoms with Crippen LogP contribution in [0.1, 0.15) is 19.8 Å². The van der Waals surface area contributed by atoms with E-state index in [0.717, 1.165) is 18.2 Å². The van der Waals surface area contributed by atoms with Crippen LogP contribution in [-0.2, 0) is 4.79 Å². The van der Waals surface area contributed by atoms with Crippen molar-refractivity contribution in [2.45, 2.75) is 30.0 Å². The summed E-state index contributed by atoms with van der Waals surface area (Å²) in [4.78, 5) is 18.7. The van der Waals surface area contributed by atoms with Gasteiger partial charge in [0.1, 0.15) is 10.3 Å². The number of hydrogen-bond donors (Lipinski definition) is 2.